The smallest absolute Gasteiger partial charge is 0.143 e. The minimum atomic E-state index is 0.170. The molecule has 0 aliphatic rings. The number of hydrogen-bond donors (Lipinski definition) is 0. The van der Waals surface area contributed by atoms with Crippen molar-refractivity contribution < 1.29 is 0 Å². The van der Waals surface area contributed by atoms with Crippen molar-refractivity contribution in [2.45, 2.75) is 0 Å². The van der Waals surface area contributed by atoms with E-state index in [1.807, 2.05) is 48.7 Å². The average Bonchev–Trinajstić information content (AvgIpc) is 2.27. The number of nitrogens with zero attached hydrogens (tertiary/aromatic N) is 2. The van der Waals surface area contributed by atoms with Crippen LogP contribution in [-0.4, -0.2) is 6.26 Å². The van der Waals surface area contributed by atoms with E-state index >= 15 is 0 Å². The lowest BCUT2D eigenvalue weighted by molar-refractivity contribution is 1.47. The molecule has 1 rings (SSSR count). The summed E-state index contributed by atoms with van der Waals surface area (Å²) in [6, 6.07) is 13.3. The fourth-order valence-corrected chi connectivity index (χ4v) is 1.75. The summed E-state index contributed by atoms with van der Waals surface area (Å²) in [5, 5.41) is 17.5. The summed E-state index contributed by atoms with van der Waals surface area (Å²) in [7, 11) is 0. The molecule has 0 N–H and O–H groups in total. The van der Waals surface area contributed by atoms with Crippen LogP contribution < -0.4 is 0 Å². The molecule has 0 bridgehead atoms. The van der Waals surface area contributed by atoms with E-state index in [1.54, 1.807) is 0 Å². The van der Waals surface area contributed by atoms with Crippen LogP contribution in [0.15, 0.2) is 35.9 Å². The molecular formula is C11H8N2S. The quantitative estimate of drug-likeness (QED) is 0.690. The van der Waals surface area contributed by atoms with Crippen molar-refractivity contribution in [3.05, 3.63) is 41.5 Å². The van der Waals surface area contributed by atoms with Crippen LogP contribution in [0, 0.1) is 22.7 Å². The molecule has 0 radical (unpaired) electrons. The zero-order valence-corrected chi connectivity index (χ0v) is 8.51. The van der Waals surface area contributed by atoms with Gasteiger partial charge in [-0.1, -0.05) is 30.3 Å². The van der Waals surface area contributed by atoms with Crippen LogP contribution in [0.25, 0.3) is 4.91 Å². The summed E-state index contributed by atoms with van der Waals surface area (Å²) in [6.45, 7) is 0. The lowest BCUT2D eigenvalue weighted by Gasteiger charge is -2.02. The predicted octanol–water partition coefficient (Wildman–Crippen LogP) is 2.81. The molecule has 0 unspecified atom stereocenters. The van der Waals surface area contributed by atoms with E-state index in [1.165, 1.54) is 11.8 Å². The fourth-order valence-electron chi connectivity index (χ4n) is 1.08. The van der Waals surface area contributed by atoms with Crippen LogP contribution in [0.1, 0.15) is 5.56 Å². The lowest BCUT2D eigenvalue weighted by Crippen LogP contribution is -1.83. The SMILES string of the molecule is CSC(=C(C#N)C#N)c1ccccc1. The Hall–Kier alpha value is -1.71. The van der Waals surface area contributed by atoms with Gasteiger partial charge in [0.1, 0.15) is 17.7 Å². The Balaban J connectivity index is 3.26. The van der Waals surface area contributed by atoms with Crippen molar-refractivity contribution >= 4 is 16.7 Å². The highest BCUT2D eigenvalue weighted by Crippen LogP contribution is 2.27. The largest absolute Gasteiger partial charge is 0.192 e. The number of benzene rings is 1. The lowest BCUT2D eigenvalue weighted by atomic mass is 10.1. The molecule has 0 spiro atoms. The first-order chi connectivity index (χ1) is 6.83. The van der Waals surface area contributed by atoms with Gasteiger partial charge in [0.25, 0.3) is 0 Å². The highest BCUT2D eigenvalue weighted by atomic mass is 32.2. The number of allylic oxidation sites excluding steroid dienone is 1. The van der Waals surface area contributed by atoms with Crippen LogP contribution in [0.5, 0.6) is 0 Å². The molecule has 68 valence electrons. The second-order valence-corrected chi connectivity index (χ2v) is 3.31. The molecule has 14 heavy (non-hydrogen) atoms. The van der Waals surface area contributed by atoms with E-state index in [0.29, 0.717) is 0 Å². The first-order valence-electron chi connectivity index (χ1n) is 3.97. The molecule has 0 heterocycles. The third kappa shape index (κ3) is 2.16. The van der Waals surface area contributed by atoms with Crippen LogP contribution in [0.3, 0.4) is 0 Å². The Morgan fingerprint density at radius 2 is 1.71 bits per heavy atom. The van der Waals surface area contributed by atoms with Crippen molar-refractivity contribution in [1.29, 1.82) is 10.5 Å². The standard InChI is InChI=1S/C11H8N2S/c1-14-11(10(7-12)8-13)9-5-3-2-4-6-9/h2-6H,1H3. The summed E-state index contributed by atoms with van der Waals surface area (Å²) < 4.78 is 0. The Morgan fingerprint density at radius 1 is 1.14 bits per heavy atom. The van der Waals surface area contributed by atoms with E-state index in [2.05, 4.69) is 0 Å². The van der Waals surface area contributed by atoms with Crippen LogP contribution in [0.2, 0.25) is 0 Å². The van der Waals surface area contributed by atoms with Gasteiger partial charge in [0.15, 0.2) is 0 Å². The third-order valence-corrected chi connectivity index (χ3v) is 2.54. The Bertz CT molecular complexity index is 405. The van der Waals surface area contributed by atoms with Gasteiger partial charge in [0.05, 0.1) is 0 Å². The Labute approximate surface area is 87.5 Å². The van der Waals surface area contributed by atoms with E-state index < -0.39 is 0 Å². The van der Waals surface area contributed by atoms with Crippen LogP contribution in [0.4, 0.5) is 0 Å². The monoisotopic (exact) mass is 200 g/mol. The summed E-state index contributed by atoms with van der Waals surface area (Å²) in [5.41, 5.74) is 1.09. The van der Waals surface area contributed by atoms with Crippen LogP contribution >= 0.6 is 11.8 Å². The third-order valence-electron chi connectivity index (χ3n) is 1.69. The molecule has 0 amide bonds. The molecule has 0 atom stereocenters. The van der Waals surface area contributed by atoms with E-state index in [0.717, 1.165) is 10.5 Å². The van der Waals surface area contributed by atoms with Gasteiger partial charge in [0, 0.05) is 4.91 Å². The minimum Gasteiger partial charge on any atom is -0.192 e. The van der Waals surface area contributed by atoms with Gasteiger partial charge in [-0.15, -0.1) is 11.8 Å². The van der Waals surface area contributed by atoms with Gasteiger partial charge in [-0.2, -0.15) is 10.5 Å². The zero-order valence-electron chi connectivity index (χ0n) is 7.69. The molecule has 1 aromatic carbocycles. The van der Waals surface area contributed by atoms with E-state index in [4.69, 9.17) is 10.5 Å². The summed E-state index contributed by atoms with van der Waals surface area (Å²) in [5.74, 6) is 0. The van der Waals surface area contributed by atoms with Crippen molar-refractivity contribution in [2.75, 3.05) is 6.26 Å². The second kappa shape index (κ2) is 5.11. The van der Waals surface area contributed by atoms with Crippen molar-refractivity contribution in [3.63, 3.8) is 0 Å². The highest BCUT2D eigenvalue weighted by Gasteiger charge is 2.06. The number of rotatable bonds is 2. The maximum Gasteiger partial charge on any atom is 0.143 e. The van der Waals surface area contributed by atoms with Crippen molar-refractivity contribution in [2.24, 2.45) is 0 Å². The second-order valence-electron chi connectivity index (χ2n) is 2.50. The van der Waals surface area contributed by atoms with Gasteiger partial charge in [-0.25, -0.2) is 0 Å². The zero-order chi connectivity index (χ0) is 10.4. The molecule has 0 aliphatic heterocycles. The molecule has 0 fully saturated rings. The molecular weight excluding hydrogens is 192 g/mol. The first kappa shape index (κ1) is 10.4. The molecule has 0 saturated heterocycles. The Kier molecular flexibility index (Phi) is 3.79. The Morgan fingerprint density at radius 3 is 2.14 bits per heavy atom. The fraction of sp³-hybridized carbons (Fsp3) is 0.0909. The number of thioether (sulfide) groups is 1. The van der Waals surface area contributed by atoms with E-state index in [-0.39, 0.29) is 5.57 Å². The van der Waals surface area contributed by atoms with Gasteiger partial charge in [-0.05, 0) is 11.8 Å². The summed E-state index contributed by atoms with van der Waals surface area (Å²) in [6.07, 6.45) is 1.86. The van der Waals surface area contributed by atoms with Gasteiger partial charge in [0.2, 0.25) is 0 Å². The van der Waals surface area contributed by atoms with Crippen molar-refractivity contribution in [1.82, 2.24) is 0 Å². The predicted molar refractivity (Wildman–Crippen MR) is 58.1 cm³/mol. The molecule has 0 aromatic heterocycles. The van der Waals surface area contributed by atoms with E-state index in [9.17, 15) is 0 Å². The molecule has 0 saturated carbocycles. The van der Waals surface area contributed by atoms with Gasteiger partial charge < -0.3 is 0 Å². The molecule has 3 heteroatoms. The normalized spacial score (nSPS) is 8.50. The topological polar surface area (TPSA) is 47.6 Å². The average molecular weight is 200 g/mol. The number of hydrogen-bond acceptors (Lipinski definition) is 3. The molecule has 1 aromatic rings. The van der Waals surface area contributed by atoms with Gasteiger partial charge in [-0.3, -0.25) is 0 Å². The minimum absolute atomic E-state index is 0.170. The van der Waals surface area contributed by atoms with Crippen molar-refractivity contribution in [3.8, 4) is 12.1 Å². The highest BCUT2D eigenvalue weighted by molar-refractivity contribution is 8.07. The van der Waals surface area contributed by atoms with Gasteiger partial charge >= 0.3 is 0 Å². The molecule has 2 nitrogen and oxygen atoms in total. The number of nitriles is 2. The first-order valence-corrected chi connectivity index (χ1v) is 5.20. The summed E-state index contributed by atoms with van der Waals surface area (Å²) >= 11 is 1.41. The maximum atomic E-state index is 8.75. The molecule has 0 aliphatic carbocycles. The van der Waals surface area contributed by atoms with Crippen LogP contribution in [-0.2, 0) is 0 Å². The maximum absolute atomic E-state index is 8.75. The summed E-state index contributed by atoms with van der Waals surface area (Å²) in [4.78, 5) is 0.732.